The number of aromatic nitrogens is 3. The van der Waals surface area contributed by atoms with Crippen LogP contribution in [-0.4, -0.2) is 14.6 Å². The fraction of sp³-hybridized carbons (Fsp3) is 0.200. The van der Waals surface area contributed by atoms with Crippen LogP contribution >= 0.6 is 11.5 Å². The summed E-state index contributed by atoms with van der Waals surface area (Å²) < 4.78 is 5.06. The molecule has 0 aliphatic rings. The number of aromatic amines is 1. The lowest BCUT2D eigenvalue weighted by atomic mass is 10.4. The molecule has 2 aromatic heterocycles. The fourth-order valence-corrected chi connectivity index (χ4v) is 1.59. The summed E-state index contributed by atoms with van der Waals surface area (Å²) in [7, 11) is 0. The average Bonchev–Trinajstić information content (AvgIpc) is 2.41. The number of aryl methyl sites for hydroxylation is 1. The van der Waals surface area contributed by atoms with Gasteiger partial charge in [-0.1, -0.05) is 0 Å². The molecule has 0 radical (unpaired) electrons. The molecule has 52 valence electrons. The molecule has 0 bridgehead atoms. The van der Waals surface area contributed by atoms with Crippen molar-refractivity contribution in [3.8, 4) is 0 Å². The van der Waals surface area contributed by atoms with Crippen LogP contribution in [0.1, 0.15) is 5.69 Å². The molecule has 0 spiro atoms. The predicted molar refractivity (Wildman–Crippen MR) is 40.9 cm³/mol. The number of nitrogens with zero attached hydrogens (tertiary/aromatic N) is 2. The molecule has 0 saturated carbocycles. The van der Waals surface area contributed by atoms with E-state index in [-0.39, 0.29) is 0 Å². The molecular weight excluding hydrogens is 148 g/mol. The standard InChI is InChI=1S/C5H6N4S/c1-2-3-4(10-9-2)5(6)8-7-3/h1H3,(H3,6,7,8). The highest BCUT2D eigenvalue weighted by molar-refractivity contribution is 7.14. The molecule has 4 nitrogen and oxygen atoms in total. The van der Waals surface area contributed by atoms with Crippen molar-refractivity contribution in [1.82, 2.24) is 14.6 Å². The minimum atomic E-state index is 0.542. The maximum Gasteiger partial charge on any atom is 0.164 e. The molecule has 0 aliphatic heterocycles. The van der Waals surface area contributed by atoms with Gasteiger partial charge in [-0.05, 0) is 18.5 Å². The summed E-state index contributed by atoms with van der Waals surface area (Å²) >= 11 is 1.38. The molecule has 2 rings (SSSR count). The quantitative estimate of drug-likeness (QED) is 0.592. The van der Waals surface area contributed by atoms with Crippen molar-refractivity contribution in [1.29, 1.82) is 0 Å². The third-order valence-electron chi connectivity index (χ3n) is 1.38. The second-order valence-electron chi connectivity index (χ2n) is 2.08. The molecule has 2 heterocycles. The Morgan fingerprint density at radius 2 is 2.40 bits per heavy atom. The minimum absolute atomic E-state index is 0.542. The number of anilines is 1. The molecular formula is C5H6N4S. The molecule has 0 aliphatic carbocycles. The van der Waals surface area contributed by atoms with E-state index in [9.17, 15) is 0 Å². The smallest absolute Gasteiger partial charge is 0.164 e. The molecule has 0 fully saturated rings. The topological polar surface area (TPSA) is 67.6 Å². The highest BCUT2D eigenvalue weighted by Crippen LogP contribution is 2.23. The number of nitrogen functional groups attached to an aromatic ring is 1. The zero-order valence-electron chi connectivity index (χ0n) is 5.38. The van der Waals surface area contributed by atoms with Crippen LogP contribution in [0.25, 0.3) is 10.2 Å². The molecule has 0 atom stereocenters. The molecule has 0 amide bonds. The highest BCUT2D eigenvalue weighted by Gasteiger charge is 2.06. The lowest BCUT2D eigenvalue weighted by Gasteiger charge is -1.74. The van der Waals surface area contributed by atoms with Crippen molar-refractivity contribution in [2.45, 2.75) is 6.92 Å². The van der Waals surface area contributed by atoms with Gasteiger partial charge in [0.05, 0.1) is 5.69 Å². The van der Waals surface area contributed by atoms with Crippen LogP contribution in [0, 0.1) is 6.92 Å². The van der Waals surface area contributed by atoms with Gasteiger partial charge in [0.1, 0.15) is 10.2 Å². The summed E-state index contributed by atoms with van der Waals surface area (Å²) in [6.45, 7) is 1.93. The van der Waals surface area contributed by atoms with E-state index in [1.54, 1.807) is 0 Å². The normalized spacial score (nSPS) is 10.9. The van der Waals surface area contributed by atoms with Gasteiger partial charge in [0.25, 0.3) is 0 Å². The highest BCUT2D eigenvalue weighted by atomic mass is 32.1. The van der Waals surface area contributed by atoms with Crippen LogP contribution in [0.5, 0.6) is 0 Å². The molecule has 0 saturated heterocycles. The lowest BCUT2D eigenvalue weighted by molar-refractivity contribution is 1.11. The number of hydrogen-bond acceptors (Lipinski definition) is 4. The Labute approximate surface area is 61.2 Å². The van der Waals surface area contributed by atoms with E-state index in [0.29, 0.717) is 5.82 Å². The van der Waals surface area contributed by atoms with Crippen molar-refractivity contribution in [3.63, 3.8) is 0 Å². The van der Waals surface area contributed by atoms with E-state index in [4.69, 9.17) is 5.73 Å². The fourth-order valence-electron chi connectivity index (χ4n) is 0.843. The van der Waals surface area contributed by atoms with E-state index >= 15 is 0 Å². The summed E-state index contributed by atoms with van der Waals surface area (Å²) in [4.78, 5) is 0. The Hall–Kier alpha value is -1.10. The number of H-pyrrole nitrogens is 1. The van der Waals surface area contributed by atoms with E-state index in [1.807, 2.05) is 6.92 Å². The van der Waals surface area contributed by atoms with E-state index < -0.39 is 0 Å². The number of hydrogen-bond donors (Lipinski definition) is 2. The summed E-state index contributed by atoms with van der Waals surface area (Å²) in [6.07, 6.45) is 0. The molecule has 0 unspecified atom stereocenters. The van der Waals surface area contributed by atoms with E-state index in [2.05, 4.69) is 14.6 Å². The first-order valence-electron chi connectivity index (χ1n) is 2.85. The van der Waals surface area contributed by atoms with Crippen LogP contribution < -0.4 is 5.73 Å². The van der Waals surface area contributed by atoms with Crippen molar-refractivity contribution < 1.29 is 0 Å². The van der Waals surface area contributed by atoms with Crippen molar-refractivity contribution in [2.75, 3.05) is 5.73 Å². The molecule has 3 N–H and O–H groups in total. The first-order chi connectivity index (χ1) is 4.79. The Bertz CT molecular complexity index is 324. The van der Waals surface area contributed by atoms with E-state index in [1.165, 1.54) is 11.5 Å². The van der Waals surface area contributed by atoms with Gasteiger partial charge >= 0.3 is 0 Å². The Kier molecular flexibility index (Phi) is 0.960. The molecule has 0 aromatic carbocycles. The van der Waals surface area contributed by atoms with Gasteiger partial charge in [-0.25, -0.2) is 0 Å². The predicted octanol–water partition coefficient (Wildman–Crippen LogP) is 0.910. The van der Waals surface area contributed by atoms with Gasteiger partial charge in [0.15, 0.2) is 5.82 Å². The van der Waals surface area contributed by atoms with Crippen LogP contribution in [0.3, 0.4) is 0 Å². The van der Waals surface area contributed by atoms with Gasteiger partial charge in [-0.3, -0.25) is 5.10 Å². The Morgan fingerprint density at radius 3 is 3.10 bits per heavy atom. The lowest BCUT2D eigenvalue weighted by Crippen LogP contribution is -1.82. The number of rotatable bonds is 0. The summed E-state index contributed by atoms with van der Waals surface area (Å²) in [6, 6.07) is 0. The summed E-state index contributed by atoms with van der Waals surface area (Å²) in [5.74, 6) is 0.542. The number of fused-ring (bicyclic) bond motifs is 1. The molecule has 5 heteroatoms. The molecule has 2 aromatic rings. The van der Waals surface area contributed by atoms with E-state index in [0.717, 1.165) is 15.9 Å². The van der Waals surface area contributed by atoms with Gasteiger partial charge in [-0.15, -0.1) is 0 Å². The minimum Gasteiger partial charge on any atom is -0.381 e. The zero-order chi connectivity index (χ0) is 7.14. The largest absolute Gasteiger partial charge is 0.381 e. The second-order valence-corrected chi connectivity index (χ2v) is 2.85. The zero-order valence-corrected chi connectivity index (χ0v) is 6.20. The van der Waals surface area contributed by atoms with Crippen molar-refractivity contribution in [3.05, 3.63) is 5.69 Å². The van der Waals surface area contributed by atoms with Crippen molar-refractivity contribution in [2.24, 2.45) is 0 Å². The van der Waals surface area contributed by atoms with Crippen LogP contribution in [0.2, 0.25) is 0 Å². The van der Waals surface area contributed by atoms with Gasteiger partial charge in [0.2, 0.25) is 0 Å². The van der Waals surface area contributed by atoms with Crippen LogP contribution in [0.4, 0.5) is 5.82 Å². The first kappa shape index (κ1) is 5.67. The second kappa shape index (κ2) is 1.69. The Morgan fingerprint density at radius 1 is 1.60 bits per heavy atom. The summed E-state index contributed by atoms with van der Waals surface area (Å²) in [5, 5.41) is 6.65. The number of nitrogens with two attached hydrogens (primary N) is 1. The monoisotopic (exact) mass is 154 g/mol. The van der Waals surface area contributed by atoms with Crippen LogP contribution in [-0.2, 0) is 0 Å². The third-order valence-corrected chi connectivity index (χ3v) is 2.34. The average molecular weight is 154 g/mol. The summed E-state index contributed by atoms with van der Waals surface area (Å²) in [5.41, 5.74) is 7.44. The molecule has 10 heavy (non-hydrogen) atoms. The van der Waals surface area contributed by atoms with Gasteiger partial charge < -0.3 is 5.73 Å². The number of nitrogens with one attached hydrogen (secondary N) is 1. The SMILES string of the molecule is Cc1nsc2c(N)n[nH]c12. The van der Waals surface area contributed by atoms with Gasteiger partial charge in [0, 0.05) is 0 Å². The Balaban J connectivity index is 2.95. The maximum absolute atomic E-state index is 5.52. The maximum atomic E-state index is 5.52. The van der Waals surface area contributed by atoms with Crippen LogP contribution in [0.15, 0.2) is 0 Å². The van der Waals surface area contributed by atoms with Crippen molar-refractivity contribution >= 4 is 27.6 Å². The van der Waals surface area contributed by atoms with Gasteiger partial charge in [-0.2, -0.15) is 9.47 Å². The first-order valence-corrected chi connectivity index (χ1v) is 3.62. The third kappa shape index (κ3) is 0.550.